The van der Waals surface area contributed by atoms with Gasteiger partial charge in [-0.25, -0.2) is 4.39 Å². The second-order valence-corrected chi connectivity index (χ2v) is 7.76. The van der Waals surface area contributed by atoms with E-state index in [1.165, 1.54) is 50.5 Å². The van der Waals surface area contributed by atoms with Gasteiger partial charge in [-0.1, -0.05) is 44.3 Å². The number of Topliss-reactive ketones (excluding diaryl/α,β-unsaturated/α-hetero) is 1. The maximum absolute atomic E-state index is 14.3. The Morgan fingerprint density at radius 1 is 1.22 bits per heavy atom. The normalized spacial score (nSPS) is 16.9. The zero-order chi connectivity index (χ0) is 19.6. The second-order valence-electron chi connectivity index (χ2n) is 7.76. The third-order valence-corrected chi connectivity index (χ3v) is 5.68. The van der Waals surface area contributed by atoms with Crippen LogP contribution in [0.3, 0.4) is 0 Å². The molecular formula is C24H35FO2. The van der Waals surface area contributed by atoms with E-state index in [0.717, 1.165) is 18.8 Å². The Hall–Kier alpha value is -1.64. The molecule has 2 nitrogen and oxygen atoms in total. The Labute approximate surface area is 164 Å². The number of allylic oxidation sites excluding steroid dienone is 2. The molecule has 0 heterocycles. The van der Waals surface area contributed by atoms with Gasteiger partial charge >= 0.3 is 0 Å². The summed E-state index contributed by atoms with van der Waals surface area (Å²) in [5.74, 6) is 0.707. The largest absolute Gasteiger partial charge is 0.491 e. The van der Waals surface area contributed by atoms with Crippen LogP contribution in [0.5, 0.6) is 5.75 Å². The van der Waals surface area contributed by atoms with Crippen LogP contribution >= 0.6 is 0 Å². The lowest BCUT2D eigenvalue weighted by molar-refractivity contribution is 0.0979. The highest BCUT2D eigenvalue weighted by Crippen LogP contribution is 2.30. The summed E-state index contributed by atoms with van der Waals surface area (Å²) in [6, 6.07) is 3.27. The minimum atomic E-state index is -0.410. The molecule has 1 aromatic carbocycles. The summed E-state index contributed by atoms with van der Waals surface area (Å²) in [6.07, 6.45) is 13.8. The molecule has 0 bridgehead atoms. The van der Waals surface area contributed by atoms with Gasteiger partial charge in [0.25, 0.3) is 0 Å². The molecule has 0 aromatic heterocycles. The first-order chi connectivity index (χ1) is 13.1. The number of halogens is 1. The molecule has 1 aliphatic rings. The minimum Gasteiger partial charge on any atom is -0.491 e. The lowest BCUT2D eigenvalue weighted by atomic mass is 9.84. The molecule has 0 N–H and O–H groups in total. The standard InChI is InChI=1S/C24H35FO2/c1-4-6-7-9-19-12-14-20(15-13-19)10-8-11-22(26)21-16-17-23(27-5-2)24(25)18(21)3/h14,16-17,19H,4-13,15H2,1-3H3. The van der Waals surface area contributed by atoms with Crippen LogP contribution < -0.4 is 4.74 Å². The summed E-state index contributed by atoms with van der Waals surface area (Å²) in [4.78, 5) is 12.5. The maximum atomic E-state index is 14.3. The average molecular weight is 375 g/mol. The van der Waals surface area contributed by atoms with Crippen molar-refractivity contribution in [2.24, 2.45) is 5.92 Å². The number of ketones is 1. The summed E-state index contributed by atoms with van der Waals surface area (Å²) >= 11 is 0. The van der Waals surface area contributed by atoms with E-state index in [1.807, 2.05) is 6.92 Å². The first-order valence-corrected chi connectivity index (χ1v) is 10.7. The van der Waals surface area contributed by atoms with Crippen molar-refractivity contribution in [2.75, 3.05) is 6.61 Å². The van der Waals surface area contributed by atoms with Crippen molar-refractivity contribution in [3.8, 4) is 5.75 Å². The van der Waals surface area contributed by atoms with Crippen LogP contribution in [0.4, 0.5) is 4.39 Å². The first kappa shape index (κ1) is 21.7. The van der Waals surface area contributed by atoms with Crippen molar-refractivity contribution in [3.63, 3.8) is 0 Å². The number of carbonyl (C=O) groups excluding carboxylic acids is 1. The molecule has 1 aliphatic carbocycles. The Kier molecular flexibility index (Phi) is 9.03. The van der Waals surface area contributed by atoms with Gasteiger partial charge in [-0.05, 0) is 69.6 Å². The van der Waals surface area contributed by atoms with Gasteiger partial charge in [0.2, 0.25) is 0 Å². The molecule has 1 aromatic rings. The molecule has 0 spiro atoms. The minimum absolute atomic E-state index is 0.0308. The van der Waals surface area contributed by atoms with E-state index in [2.05, 4.69) is 13.0 Å². The number of hydrogen-bond acceptors (Lipinski definition) is 2. The third-order valence-electron chi connectivity index (χ3n) is 5.68. The number of rotatable bonds is 11. The highest BCUT2D eigenvalue weighted by Gasteiger charge is 2.17. The number of hydrogen-bond donors (Lipinski definition) is 0. The van der Waals surface area contributed by atoms with Gasteiger partial charge in [0, 0.05) is 12.0 Å². The van der Waals surface area contributed by atoms with E-state index >= 15 is 0 Å². The molecule has 0 amide bonds. The van der Waals surface area contributed by atoms with Gasteiger partial charge in [-0.3, -0.25) is 4.79 Å². The maximum Gasteiger partial charge on any atom is 0.168 e. The van der Waals surface area contributed by atoms with E-state index in [1.54, 1.807) is 19.1 Å². The Balaban J connectivity index is 1.79. The van der Waals surface area contributed by atoms with Crippen LogP contribution in [0.1, 0.15) is 94.0 Å². The van der Waals surface area contributed by atoms with E-state index in [0.29, 0.717) is 24.2 Å². The topological polar surface area (TPSA) is 26.3 Å². The van der Waals surface area contributed by atoms with Crippen molar-refractivity contribution < 1.29 is 13.9 Å². The van der Waals surface area contributed by atoms with Crippen molar-refractivity contribution in [2.45, 2.75) is 85.0 Å². The fraction of sp³-hybridized carbons (Fsp3) is 0.625. The number of unbranched alkanes of at least 4 members (excludes halogenated alkanes) is 2. The molecule has 27 heavy (non-hydrogen) atoms. The van der Waals surface area contributed by atoms with E-state index in [9.17, 15) is 9.18 Å². The molecule has 3 heteroatoms. The summed E-state index contributed by atoms with van der Waals surface area (Å²) in [7, 11) is 0. The summed E-state index contributed by atoms with van der Waals surface area (Å²) in [6.45, 7) is 6.15. The predicted octanol–water partition coefficient (Wildman–Crippen LogP) is 7.19. The summed E-state index contributed by atoms with van der Waals surface area (Å²) < 4.78 is 19.5. The van der Waals surface area contributed by atoms with Gasteiger partial charge in [0.1, 0.15) is 0 Å². The number of benzene rings is 1. The number of carbonyl (C=O) groups is 1. The molecule has 1 unspecified atom stereocenters. The second kappa shape index (κ2) is 11.3. The average Bonchev–Trinajstić information content (AvgIpc) is 2.67. The van der Waals surface area contributed by atoms with Crippen LogP contribution in [0.2, 0.25) is 0 Å². The van der Waals surface area contributed by atoms with E-state index in [-0.39, 0.29) is 11.5 Å². The Morgan fingerprint density at radius 2 is 2.04 bits per heavy atom. The van der Waals surface area contributed by atoms with Crippen LogP contribution in [-0.4, -0.2) is 12.4 Å². The highest BCUT2D eigenvalue weighted by atomic mass is 19.1. The van der Waals surface area contributed by atoms with Gasteiger partial charge in [-0.2, -0.15) is 0 Å². The van der Waals surface area contributed by atoms with E-state index < -0.39 is 5.82 Å². The molecule has 0 saturated heterocycles. The lowest BCUT2D eigenvalue weighted by Crippen LogP contribution is -2.07. The summed E-state index contributed by atoms with van der Waals surface area (Å²) in [5.41, 5.74) is 2.39. The van der Waals surface area contributed by atoms with Crippen LogP contribution in [0.25, 0.3) is 0 Å². The predicted molar refractivity (Wildman–Crippen MR) is 110 cm³/mol. The molecule has 0 fully saturated rings. The van der Waals surface area contributed by atoms with E-state index in [4.69, 9.17) is 4.74 Å². The van der Waals surface area contributed by atoms with Crippen LogP contribution in [0, 0.1) is 18.7 Å². The lowest BCUT2D eigenvalue weighted by Gasteiger charge is -2.22. The quantitative estimate of drug-likeness (QED) is 0.233. The van der Waals surface area contributed by atoms with Gasteiger partial charge < -0.3 is 4.74 Å². The zero-order valence-electron chi connectivity index (χ0n) is 17.3. The first-order valence-electron chi connectivity index (χ1n) is 10.7. The van der Waals surface area contributed by atoms with Crippen molar-refractivity contribution >= 4 is 5.78 Å². The fourth-order valence-corrected chi connectivity index (χ4v) is 3.95. The van der Waals surface area contributed by atoms with Crippen molar-refractivity contribution in [1.29, 1.82) is 0 Å². The highest BCUT2D eigenvalue weighted by molar-refractivity contribution is 5.97. The molecule has 150 valence electrons. The smallest absolute Gasteiger partial charge is 0.168 e. The van der Waals surface area contributed by atoms with Gasteiger partial charge in [0.15, 0.2) is 17.3 Å². The SMILES string of the molecule is CCCCCC1CC=C(CCCC(=O)c2ccc(OCC)c(F)c2C)CC1. The van der Waals surface area contributed by atoms with Gasteiger partial charge in [-0.15, -0.1) is 0 Å². The molecule has 1 atom stereocenters. The molecular weight excluding hydrogens is 339 g/mol. The summed E-state index contributed by atoms with van der Waals surface area (Å²) in [5, 5.41) is 0. The Morgan fingerprint density at radius 3 is 2.70 bits per heavy atom. The van der Waals surface area contributed by atoms with Crippen LogP contribution in [-0.2, 0) is 0 Å². The molecule has 2 rings (SSSR count). The van der Waals surface area contributed by atoms with Crippen LogP contribution in [0.15, 0.2) is 23.8 Å². The zero-order valence-corrected chi connectivity index (χ0v) is 17.3. The molecule has 0 saturated carbocycles. The van der Waals surface area contributed by atoms with Crippen molar-refractivity contribution in [1.82, 2.24) is 0 Å². The van der Waals surface area contributed by atoms with Crippen molar-refractivity contribution in [3.05, 3.63) is 40.7 Å². The van der Waals surface area contributed by atoms with Gasteiger partial charge in [0.05, 0.1) is 6.61 Å². The fourth-order valence-electron chi connectivity index (χ4n) is 3.95. The monoisotopic (exact) mass is 374 g/mol. The molecule has 0 aliphatic heterocycles. The number of ether oxygens (including phenoxy) is 1. The third kappa shape index (κ3) is 6.48. The molecule has 0 radical (unpaired) electrons. The Bertz CT molecular complexity index is 648.